The zero-order valence-corrected chi connectivity index (χ0v) is 21.5. The molecule has 0 radical (unpaired) electrons. The number of nitrogens with zero attached hydrogens (tertiary/aromatic N) is 1. The first-order valence-corrected chi connectivity index (χ1v) is 13.8. The van der Waals surface area contributed by atoms with Crippen molar-refractivity contribution in [3.05, 3.63) is 114 Å². The van der Waals surface area contributed by atoms with E-state index in [-0.39, 0.29) is 23.0 Å². The lowest BCUT2D eigenvalue weighted by Crippen LogP contribution is -2.55. The number of hydrogen-bond donors (Lipinski definition) is 3. The van der Waals surface area contributed by atoms with Gasteiger partial charge in [-0.3, -0.25) is 9.35 Å². The van der Waals surface area contributed by atoms with Crippen LogP contribution >= 0.6 is 0 Å². The molecule has 0 bridgehead atoms. The molecule has 3 N–H and O–H groups in total. The second kappa shape index (κ2) is 10.6. The third kappa shape index (κ3) is 5.42. The van der Waals surface area contributed by atoms with E-state index < -0.39 is 34.0 Å². The third-order valence-electron chi connectivity index (χ3n) is 7.07. The van der Waals surface area contributed by atoms with Gasteiger partial charge in [-0.25, -0.2) is 4.39 Å². The largest absolute Gasteiger partial charge is 0.508 e. The highest BCUT2D eigenvalue weighted by atomic mass is 32.2. The molecule has 0 spiro atoms. The molecule has 0 saturated carbocycles. The number of β-lactam (4-membered cyclic amide) rings is 1. The van der Waals surface area contributed by atoms with Crippen molar-refractivity contribution in [1.82, 2.24) is 0 Å². The fourth-order valence-corrected chi connectivity index (χ4v) is 5.55. The molecule has 1 fully saturated rings. The molecular formula is C30H26FNO6S. The summed E-state index contributed by atoms with van der Waals surface area (Å²) >= 11 is 0. The summed E-state index contributed by atoms with van der Waals surface area (Å²) in [6, 6.07) is 25.0. The highest BCUT2D eigenvalue weighted by Gasteiger charge is 2.49. The summed E-state index contributed by atoms with van der Waals surface area (Å²) in [5.41, 5.74) is 2.89. The molecule has 1 aliphatic heterocycles. The van der Waals surface area contributed by atoms with E-state index in [1.54, 1.807) is 29.2 Å². The first kappa shape index (κ1) is 26.6. The van der Waals surface area contributed by atoms with Gasteiger partial charge in [-0.05, 0) is 72.0 Å². The molecule has 3 atom stereocenters. The molecular weight excluding hydrogens is 521 g/mol. The molecule has 0 aliphatic carbocycles. The predicted molar refractivity (Wildman–Crippen MR) is 144 cm³/mol. The Labute approximate surface area is 225 Å². The molecule has 0 aromatic heterocycles. The van der Waals surface area contributed by atoms with Crippen LogP contribution in [0.15, 0.2) is 102 Å². The highest BCUT2D eigenvalue weighted by Crippen LogP contribution is 2.49. The van der Waals surface area contributed by atoms with Crippen LogP contribution in [0.5, 0.6) is 5.75 Å². The number of para-hydroxylation sites is 1. The van der Waals surface area contributed by atoms with Gasteiger partial charge in [0.05, 0.1) is 23.0 Å². The maximum atomic E-state index is 13.6. The summed E-state index contributed by atoms with van der Waals surface area (Å²) in [6.45, 7) is 0. The van der Waals surface area contributed by atoms with E-state index in [1.807, 2.05) is 30.3 Å². The van der Waals surface area contributed by atoms with Crippen molar-refractivity contribution >= 4 is 21.7 Å². The smallest absolute Gasteiger partial charge is 0.294 e. The van der Waals surface area contributed by atoms with E-state index >= 15 is 0 Å². The summed E-state index contributed by atoms with van der Waals surface area (Å²) in [6.07, 6.45) is -0.387. The van der Waals surface area contributed by atoms with Gasteiger partial charge < -0.3 is 15.1 Å². The first-order chi connectivity index (χ1) is 18.6. The SMILES string of the molecule is O=C1[C@H](CC[C@H](O)c2cccc(F)c2)[C@@H](c2ccc(-c3ccc(S(=O)(=O)O)cc3)cc2O)N1c1ccccc1. The third-order valence-corrected chi connectivity index (χ3v) is 7.94. The molecule has 1 heterocycles. The Bertz CT molecular complexity index is 1610. The number of aliphatic hydroxyl groups excluding tert-OH is 1. The first-order valence-electron chi connectivity index (χ1n) is 12.4. The molecule has 9 heteroatoms. The Hall–Kier alpha value is -4.05. The van der Waals surface area contributed by atoms with Gasteiger partial charge in [0.25, 0.3) is 10.1 Å². The minimum absolute atomic E-state index is 0.0412. The van der Waals surface area contributed by atoms with Crippen LogP contribution in [0.4, 0.5) is 10.1 Å². The number of aromatic hydroxyl groups is 1. The van der Waals surface area contributed by atoms with E-state index in [0.717, 1.165) is 0 Å². The van der Waals surface area contributed by atoms with E-state index in [4.69, 9.17) is 0 Å². The van der Waals surface area contributed by atoms with Crippen LogP contribution in [-0.2, 0) is 14.9 Å². The van der Waals surface area contributed by atoms with Crippen molar-refractivity contribution in [2.75, 3.05) is 4.90 Å². The Morgan fingerprint density at radius 3 is 2.21 bits per heavy atom. The van der Waals surface area contributed by atoms with Gasteiger partial charge in [0.15, 0.2) is 0 Å². The van der Waals surface area contributed by atoms with Crippen molar-refractivity contribution in [2.24, 2.45) is 5.92 Å². The fraction of sp³-hybridized carbons (Fsp3) is 0.167. The predicted octanol–water partition coefficient (Wildman–Crippen LogP) is 5.66. The molecule has 4 aromatic rings. The summed E-state index contributed by atoms with van der Waals surface area (Å²) in [7, 11) is -4.32. The monoisotopic (exact) mass is 547 g/mol. The summed E-state index contributed by atoms with van der Waals surface area (Å²) in [4.78, 5) is 14.7. The van der Waals surface area contributed by atoms with Crippen LogP contribution in [0.1, 0.15) is 36.1 Å². The molecule has 7 nitrogen and oxygen atoms in total. The minimum atomic E-state index is -4.32. The van der Waals surface area contributed by atoms with Crippen LogP contribution in [0, 0.1) is 11.7 Å². The van der Waals surface area contributed by atoms with Crippen molar-refractivity contribution in [2.45, 2.75) is 29.9 Å². The molecule has 5 rings (SSSR count). The maximum Gasteiger partial charge on any atom is 0.294 e. The normalized spacial score (nSPS) is 18.0. The van der Waals surface area contributed by atoms with Crippen LogP contribution in [0.25, 0.3) is 11.1 Å². The van der Waals surface area contributed by atoms with Crippen LogP contribution in [-0.4, -0.2) is 29.1 Å². The number of rotatable bonds is 8. The van der Waals surface area contributed by atoms with Gasteiger partial charge in [-0.2, -0.15) is 8.42 Å². The van der Waals surface area contributed by atoms with Crippen molar-refractivity contribution in [1.29, 1.82) is 0 Å². The van der Waals surface area contributed by atoms with Gasteiger partial charge >= 0.3 is 0 Å². The average Bonchev–Trinajstić information content (AvgIpc) is 2.92. The molecule has 0 unspecified atom stereocenters. The number of anilines is 1. The molecule has 200 valence electrons. The Morgan fingerprint density at radius 1 is 0.872 bits per heavy atom. The lowest BCUT2D eigenvalue weighted by Gasteiger charge is -2.48. The molecule has 1 aliphatic rings. The van der Waals surface area contributed by atoms with E-state index in [2.05, 4.69) is 0 Å². The number of hydrogen-bond acceptors (Lipinski definition) is 5. The van der Waals surface area contributed by atoms with Gasteiger partial charge in [-0.1, -0.05) is 54.6 Å². The number of carbonyl (C=O) groups is 1. The number of phenolic OH excluding ortho intramolecular Hbond substituents is 1. The zero-order chi connectivity index (χ0) is 27.7. The summed E-state index contributed by atoms with van der Waals surface area (Å²) in [5, 5.41) is 21.7. The molecule has 1 amide bonds. The maximum absolute atomic E-state index is 13.6. The number of benzene rings is 4. The molecule has 4 aromatic carbocycles. The van der Waals surface area contributed by atoms with Crippen molar-refractivity contribution in [3.63, 3.8) is 0 Å². The van der Waals surface area contributed by atoms with Crippen LogP contribution < -0.4 is 4.90 Å². The number of carbonyl (C=O) groups excluding carboxylic acids is 1. The molecule has 1 saturated heterocycles. The Kier molecular flexibility index (Phi) is 7.22. The molecule has 39 heavy (non-hydrogen) atoms. The quantitative estimate of drug-likeness (QED) is 0.194. The zero-order valence-electron chi connectivity index (χ0n) is 20.7. The van der Waals surface area contributed by atoms with Gasteiger partial charge in [0, 0.05) is 11.3 Å². The topological polar surface area (TPSA) is 115 Å². The van der Waals surface area contributed by atoms with E-state index in [9.17, 15) is 32.4 Å². The number of phenols is 1. The van der Waals surface area contributed by atoms with Crippen LogP contribution in [0.3, 0.4) is 0 Å². The lowest BCUT2D eigenvalue weighted by atomic mass is 9.77. The summed E-state index contributed by atoms with van der Waals surface area (Å²) in [5.74, 6) is -1.14. The van der Waals surface area contributed by atoms with E-state index in [0.29, 0.717) is 34.4 Å². The van der Waals surface area contributed by atoms with Crippen LogP contribution in [0.2, 0.25) is 0 Å². The highest BCUT2D eigenvalue weighted by molar-refractivity contribution is 7.85. The Balaban J connectivity index is 1.43. The van der Waals surface area contributed by atoms with Gasteiger partial charge in [0.1, 0.15) is 11.6 Å². The number of amides is 1. The Morgan fingerprint density at radius 2 is 1.56 bits per heavy atom. The van der Waals surface area contributed by atoms with E-state index in [1.165, 1.54) is 42.5 Å². The number of aliphatic hydroxyl groups is 1. The lowest BCUT2D eigenvalue weighted by molar-refractivity contribution is -0.131. The minimum Gasteiger partial charge on any atom is -0.508 e. The van der Waals surface area contributed by atoms with Gasteiger partial charge in [0.2, 0.25) is 5.91 Å². The second-order valence-corrected chi connectivity index (χ2v) is 10.9. The summed E-state index contributed by atoms with van der Waals surface area (Å²) < 4.78 is 45.5. The van der Waals surface area contributed by atoms with Gasteiger partial charge in [-0.15, -0.1) is 0 Å². The average molecular weight is 548 g/mol. The fourth-order valence-electron chi connectivity index (χ4n) is 5.07. The standard InChI is InChI=1S/C30H26FNO6S/c31-22-6-4-5-21(17-22)27(33)16-15-26-29(32(30(26)35)23-7-2-1-3-8-23)25-14-11-20(18-28(25)34)19-9-12-24(13-10-19)39(36,37)38/h1-14,17-18,26-27,29,33-34H,15-16H2,(H,36,37,38)/t26-,27+,29-/m1/s1. The van der Waals surface area contributed by atoms with Crippen molar-refractivity contribution < 1.29 is 32.4 Å². The second-order valence-electron chi connectivity index (χ2n) is 9.52. The van der Waals surface area contributed by atoms with Crippen molar-refractivity contribution in [3.8, 4) is 16.9 Å². The number of halogens is 1.